The van der Waals surface area contributed by atoms with Crippen molar-refractivity contribution in [3.8, 4) is 5.75 Å². The summed E-state index contributed by atoms with van der Waals surface area (Å²) in [4.78, 5) is 37.7. The van der Waals surface area contributed by atoms with Crippen LogP contribution in [0.2, 0.25) is 0 Å². The number of alkyl halides is 1. The molecule has 1 aliphatic rings. The van der Waals surface area contributed by atoms with E-state index < -0.39 is 67.8 Å². The molecule has 0 aliphatic carbocycles. The molecule has 0 unspecified atom stereocenters. The number of aliphatic hydroxyl groups excluding tert-OH is 1. The van der Waals surface area contributed by atoms with Crippen LogP contribution in [0.4, 0.5) is 4.39 Å². The third-order valence-electron chi connectivity index (χ3n) is 5.26. The van der Waals surface area contributed by atoms with Gasteiger partial charge in [0.15, 0.2) is 11.9 Å². The number of ether oxygens (including phenoxy) is 2. The van der Waals surface area contributed by atoms with Crippen LogP contribution in [0.1, 0.15) is 33.9 Å². The van der Waals surface area contributed by atoms with Crippen molar-refractivity contribution in [1.82, 2.24) is 14.6 Å². The van der Waals surface area contributed by atoms with Crippen LogP contribution in [0.15, 0.2) is 52.2 Å². The molecule has 1 fully saturated rings. The molecular weight excluding hydrogens is 500 g/mol. The van der Waals surface area contributed by atoms with Gasteiger partial charge in [0.1, 0.15) is 24.0 Å². The lowest BCUT2D eigenvalue weighted by molar-refractivity contribution is -0.149. The number of rotatable bonds is 10. The van der Waals surface area contributed by atoms with Crippen molar-refractivity contribution in [3.63, 3.8) is 0 Å². The first-order valence-electron chi connectivity index (χ1n) is 11.1. The Morgan fingerprint density at radius 3 is 2.56 bits per heavy atom. The third-order valence-corrected chi connectivity index (χ3v) is 6.90. The number of benzene rings is 1. The van der Waals surface area contributed by atoms with E-state index in [9.17, 15) is 24.1 Å². The van der Waals surface area contributed by atoms with E-state index in [0.717, 1.165) is 23.8 Å². The average molecular weight is 529 g/mol. The highest BCUT2D eigenvalue weighted by Gasteiger charge is 2.55. The number of hydrogen-bond acceptors (Lipinski definition) is 9. The minimum absolute atomic E-state index is 0.152. The van der Waals surface area contributed by atoms with Gasteiger partial charge < -0.3 is 19.1 Å². The highest BCUT2D eigenvalue weighted by Crippen LogP contribution is 2.47. The number of para-hydroxylation sites is 1. The number of hydrogen-bond donors (Lipinski definition) is 3. The number of halogens is 1. The topological polar surface area (TPSA) is 158 Å². The molecule has 2 aromatic rings. The molecule has 2 heterocycles. The highest BCUT2D eigenvalue weighted by molar-refractivity contribution is 7.52. The fraction of sp³-hybridized carbons (Fsp3) is 0.500. The maximum atomic E-state index is 15.4. The van der Waals surface area contributed by atoms with Crippen LogP contribution >= 0.6 is 7.75 Å². The van der Waals surface area contributed by atoms with Crippen molar-refractivity contribution in [1.29, 1.82) is 0 Å². The molecule has 1 aromatic heterocycles. The van der Waals surface area contributed by atoms with Crippen LogP contribution < -0.4 is 20.9 Å². The van der Waals surface area contributed by atoms with E-state index in [1.54, 1.807) is 32.0 Å². The van der Waals surface area contributed by atoms with Crippen LogP contribution in [0.5, 0.6) is 5.75 Å². The molecule has 3 N–H and O–H groups in total. The summed E-state index contributed by atoms with van der Waals surface area (Å²) >= 11 is 0. The first-order chi connectivity index (χ1) is 16.8. The Labute approximate surface area is 205 Å². The molecule has 1 saturated heterocycles. The third kappa shape index (κ3) is 6.48. The summed E-state index contributed by atoms with van der Waals surface area (Å²) in [6.45, 7) is 5.07. The second-order valence-electron chi connectivity index (χ2n) is 8.67. The fourth-order valence-electron chi connectivity index (χ4n) is 3.47. The predicted molar refractivity (Wildman–Crippen MR) is 125 cm³/mol. The van der Waals surface area contributed by atoms with Gasteiger partial charge in [0.2, 0.25) is 0 Å². The normalized spacial score (nSPS) is 26.4. The van der Waals surface area contributed by atoms with Crippen LogP contribution in [0, 0.1) is 0 Å². The number of nitrogens with one attached hydrogen (secondary N) is 2. The highest BCUT2D eigenvalue weighted by atomic mass is 31.2. The average Bonchev–Trinajstić information content (AvgIpc) is 3.01. The molecular formula is C22H29FN3O9P. The smallest absolute Gasteiger partial charge is 0.459 e. The second-order valence-corrected chi connectivity index (χ2v) is 10.4. The number of aromatic nitrogens is 2. The number of carbonyl (C=O) groups excluding carboxylic acids is 1. The van der Waals surface area contributed by atoms with Crippen molar-refractivity contribution in [2.45, 2.75) is 63.9 Å². The summed E-state index contributed by atoms with van der Waals surface area (Å²) in [5.41, 5.74) is -4.12. The Hall–Kier alpha value is -2.83. The Kier molecular flexibility index (Phi) is 8.52. The standard InChI is InChI=1S/C22H29FN3O9P/c1-13(2)33-19(29)14(3)25-36(31,35-15-8-6-5-7-9-15)32-12-16-18(28)22(4,23)20(34-16)26-11-10-17(27)24-21(26)30/h5-11,13-14,16,18,20,28H,12H2,1-4H3,(H,25,31)(H,24,27,30)/t14-,16-,18-,20-,22+,36-/m0/s1. The van der Waals surface area contributed by atoms with E-state index in [2.05, 4.69) is 5.09 Å². The summed E-state index contributed by atoms with van der Waals surface area (Å²) in [5.74, 6) is -0.560. The van der Waals surface area contributed by atoms with Gasteiger partial charge >= 0.3 is 19.4 Å². The van der Waals surface area contributed by atoms with Gasteiger partial charge in [-0.2, -0.15) is 5.09 Å². The number of carbonyl (C=O) groups is 1. The van der Waals surface area contributed by atoms with Gasteiger partial charge in [0.05, 0.1) is 12.7 Å². The van der Waals surface area contributed by atoms with Gasteiger partial charge in [-0.3, -0.25) is 23.7 Å². The summed E-state index contributed by atoms with van der Waals surface area (Å²) < 4.78 is 51.4. The van der Waals surface area contributed by atoms with E-state index in [-0.39, 0.29) is 5.75 Å². The molecule has 198 valence electrons. The van der Waals surface area contributed by atoms with E-state index >= 15 is 4.39 Å². The molecule has 1 aliphatic heterocycles. The van der Waals surface area contributed by atoms with Crippen LogP contribution in [-0.2, 0) is 23.4 Å². The lowest BCUT2D eigenvalue weighted by atomic mass is 9.98. The molecule has 14 heteroatoms. The molecule has 0 amide bonds. The summed E-state index contributed by atoms with van der Waals surface area (Å²) in [6.07, 6.45) is -4.21. The zero-order chi connectivity index (χ0) is 26.7. The molecule has 3 rings (SSSR count). The van der Waals surface area contributed by atoms with Crippen molar-refractivity contribution >= 4 is 13.7 Å². The summed E-state index contributed by atoms with van der Waals surface area (Å²) in [6, 6.07) is 7.86. The maximum absolute atomic E-state index is 15.4. The van der Waals surface area contributed by atoms with Crippen molar-refractivity contribution < 1.29 is 37.4 Å². The SMILES string of the molecule is CC(C)OC(=O)[C@H](C)N[P@](=O)(OC[C@@H]1O[C@H](n2ccc(=O)[nH]c2=O)[C@](C)(F)[C@H]1O)Oc1ccccc1. The lowest BCUT2D eigenvalue weighted by Crippen LogP contribution is -2.43. The largest absolute Gasteiger partial charge is 0.462 e. The first-order valence-corrected chi connectivity index (χ1v) is 12.7. The molecule has 0 bridgehead atoms. The quantitative estimate of drug-likeness (QED) is 0.305. The maximum Gasteiger partial charge on any atom is 0.459 e. The van der Waals surface area contributed by atoms with Gasteiger partial charge in [-0.25, -0.2) is 13.8 Å². The minimum Gasteiger partial charge on any atom is -0.462 e. The van der Waals surface area contributed by atoms with E-state index in [1.165, 1.54) is 19.1 Å². The first kappa shape index (κ1) is 27.8. The summed E-state index contributed by atoms with van der Waals surface area (Å²) in [7, 11) is -4.30. The van der Waals surface area contributed by atoms with Crippen molar-refractivity contribution in [2.75, 3.05) is 6.61 Å². The van der Waals surface area contributed by atoms with Gasteiger partial charge in [-0.05, 0) is 39.8 Å². The fourth-order valence-corrected chi connectivity index (χ4v) is 4.97. The molecule has 0 spiro atoms. The number of H-pyrrole nitrogens is 1. The van der Waals surface area contributed by atoms with Gasteiger partial charge in [-0.15, -0.1) is 0 Å². The van der Waals surface area contributed by atoms with Crippen molar-refractivity contribution in [3.05, 3.63) is 63.4 Å². The number of aromatic amines is 1. The van der Waals surface area contributed by atoms with E-state index in [4.69, 9.17) is 18.5 Å². The van der Waals surface area contributed by atoms with Crippen LogP contribution in [0.3, 0.4) is 0 Å². The zero-order valence-electron chi connectivity index (χ0n) is 20.1. The van der Waals surface area contributed by atoms with Gasteiger partial charge in [0, 0.05) is 12.3 Å². The van der Waals surface area contributed by atoms with E-state index in [0.29, 0.717) is 0 Å². The van der Waals surface area contributed by atoms with Crippen molar-refractivity contribution in [2.24, 2.45) is 0 Å². The van der Waals surface area contributed by atoms with Crippen LogP contribution in [-0.4, -0.2) is 57.3 Å². The number of aliphatic hydroxyl groups is 1. The van der Waals surface area contributed by atoms with Gasteiger partial charge in [0.25, 0.3) is 5.56 Å². The lowest BCUT2D eigenvalue weighted by Gasteiger charge is -2.25. The molecule has 0 saturated carbocycles. The second kappa shape index (κ2) is 11.1. The Morgan fingerprint density at radius 1 is 1.28 bits per heavy atom. The molecule has 12 nitrogen and oxygen atoms in total. The zero-order valence-corrected chi connectivity index (χ0v) is 21.0. The molecule has 36 heavy (non-hydrogen) atoms. The van der Waals surface area contributed by atoms with Gasteiger partial charge in [-0.1, -0.05) is 18.2 Å². The molecule has 0 radical (unpaired) electrons. The number of esters is 1. The Balaban J connectivity index is 1.80. The monoisotopic (exact) mass is 529 g/mol. The predicted octanol–water partition coefficient (Wildman–Crippen LogP) is 1.66. The number of nitrogens with zero attached hydrogens (tertiary/aromatic N) is 1. The van der Waals surface area contributed by atoms with Crippen LogP contribution in [0.25, 0.3) is 0 Å². The van der Waals surface area contributed by atoms with E-state index in [1.807, 2.05) is 4.98 Å². The Morgan fingerprint density at radius 2 is 1.94 bits per heavy atom. The minimum atomic E-state index is -4.30. The molecule has 6 atom stereocenters. The Bertz CT molecular complexity index is 1220. The molecule has 1 aromatic carbocycles. The summed E-state index contributed by atoms with van der Waals surface area (Å²) in [5, 5.41) is 13.0.